The highest BCUT2D eigenvalue weighted by molar-refractivity contribution is 9.10. The molecule has 0 aliphatic carbocycles. The number of rotatable bonds is 1. The number of aromatic amines is 1. The lowest BCUT2D eigenvalue weighted by Gasteiger charge is -1.99. The van der Waals surface area contributed by atoms with Gasteiger partial charge in [-0.15, -0.1) is 0 Å². The number of H-pyrrole nitrogens is 1. The molecule has 0 amide bonds. The smallest absolute Gasteiger partial charge is 0.291 e. The number of nitrogens with zero attached hydrogens (tertiary/aromatic N) is 2. The number of nitrogens with one attached hydrogen (secondary N) is 1. The quantitative estimate of drug-likeness (QED) is 0.749. The van der Waals surface area contributed by atoms with Crippen LogP contribution in [0.5, 0.6) is 0 Å². The van der Waals surface area contributed by atoms with Gasteiger partial charge in [-0.1, -0.05) is 22.0 Å². The molecule has 0 radical (unpaired) electrons. The van der Waals surface area contributed by atoms with Gasteiger partial charge in [0, 0.05) is 27.3 Å². The fourth-order valence-electron chi connectivity index (χ4n) is 2.06. The van der Waals surface area contributed by atoms with Gasteiger partial charge in [0.05, 0.1) is 6.20 Å². The van der Waals surface area contributed by atoms with Crippen LogP contribution in [0.3, 0.4) is 0 Å². The number of benzene rings is 1. The maximum absolute atomic E-state index is 12.1. The summed E-state index contributed by atoms with van der Waals surface area (Å²) >= 11 is 3.50. The average Bonchev–Trinajstić information content (AvgIpc) is 2.70. The molecular weight excluding hydrogens is 282 g/mol. The second-order valence-electron chi connectivity index (χ2n) is 3.84. The number of fused-ring (bicyclic) bond motifs is 3. The Morgan fingerprint density at radius 2 is 2.29 bits per heavy atom. The van der Waals surface area contributed by atoms with Gasteiger partial charge in [0.2, 0.25) is 0 Å². The van der Waals surface area contributed by atoms with Crippen molar-refractivity contribution in [2.75, 3.05) is 0 Å². The summed E-state index contributed by atoms with van der Waals surface area (Å²) in [6, 6.07) is 5.85. The van der Waals surface area contributed by atoms with Gasteiger partial charge in [-0.2, -0.15) is 5.10 Å². The van der Waals surface area contributed by atoms with Crippen LogP contribution in [0.1, 0.15) is 6.92 Å². The number of hydrogen-bond donors (Lipinski definition) is 1. The normalized spacial score (nSPS) is 11.4. The zero-order valence-electron chi connectivity index (χ0n) is 9.20. The van der Waals surface area contributed by atoms with E-state index in [0.717, 1.165) is 20.8 Å². The Morgan fingerprint density at radius 1 is 1.47 bits per heavy atom. The van der Waals surface area contributed by atoms with E-state index < -0.39 is 0 Å². The van der Waals surface area contributed by atoms with Gasteiger partial charge in [-0.05, 0) is 19.1 Å². The van der Waals surface area contributed by atoms with Gasteiger partial charge in [-0.25, -0.2) is 4.68 Å². The van der Waals surface area contributed by atoms with Crippen molar-refractivity contribution in [1.82, 2.24) is 14.8 Å². The van der Waals surface area contributed by atoms with E-state index in [2.05, 4.69) is 26.0 Å². The standard InChI is InChI=1S/C12H10BrN3O/c1-2-16-12(17)11-7(6-14-16)10-8(13)4-3-5-9(10)15-11/h3-6,15H,2H2,1H3. The third-order valence-corrected chi connectivity index (χ3v) is 3.55. The second kappa shape index (κ2) is 3.70. The van der Waals surface area contributed by atoms with Crippen LogP contribution < -0.4 is 5.56 Å². The van der Waals surface area contributed by atoms with Crippen LogP contribution in [-0.4, -0.2) is 14.8 Å². The van der Waals surface area contributed by atoms with Crippen molar-refractivity contribution in [3.05, 3.63) is 39.2 Å². The number of halogens is 1. The first-order valence-corrected chi connectivity index (χ1v) is 6.17. The molecule has 0 aliphatic rings. The second-order valence-corrected chi connectivity index (χ2v) is 4.70. The zero-order chi connectivity index (χ0) is 12.0. The van der Waals surface area contributed by atoms with Gasteiger partial charge >= 0.3 is 0 Å². The third-order valence-electron chi connectivity index (χ3n) is 2.89. The van der Waals surface area contributed by atoms with Crippen molar-refractivity contribution in [2.45, 2.75) is 13.5 Å². The molecule has 0 unspecified atom stereocenters. The largest absolute Gasteiger partial charge is 0.350 e. The van der Waals surface area contributed by atoms with Crippen LogP contribution in [0.2, 0.25) is 0 Å². The van der Waals surface area contributed by atoms with E-state index in [0.29, 0.717) is 12.1 Å². The third kappa shape index (κ3) is 1.42. The Balaban J connectivity index is 2.57. The summed E-state index contributed by atoms with van der Waals surface area (Å²) < 4.78 is 2.42. The maximum atomic E-state index is 12.1. The van der Waals surface area contributed by atoms with Crippen LogP contribution in [0.15, 0.2) is 33.7 Å². The summed E-state index contributed by atoms with van der Waals surface area (Å²) in [6.45, 7) is 2.48. The molecule has 0 spiro atoms. The molecule has 1 N–H and O–H groups in total. The van der Waals surface area contributed by atoms with Crippen molar-refractivity contribution in [3.8, 4) is 0 Å². The molecule has 0 bridgehead atoms. The number of aromatic nitrogens is 3. The van der Waals surface area contributed by atoms with Gasteiger partial charge in [-0.3, -0.25) is 4.79 Å². The highest BCUT2D eigenvalue weighted by Gasteiger charge is 2.11. The predicted octanol–water partition coefficient (Wildman–Crippen LogP) is 2.66. The first kappa shape index (κ1) is 10.5. The van der Waals surface area contributed by atoms with Crippen LogP contribution in [0, 0.1) is 0 Å². The fourth-order valence-corrected chi connectivity index (χ4v) is 2.64. The van der Waals surface area contributed by atoms with Crippen molar-refractivity contribution in [3.63, 3.8) is 0 Å². The lowest BCUT2D eigenvalue weighted by molar-refractivity contribution is 0.622. The Labute approximate surface area is 105 Å². The Kier molecular flexibility index (Phi) is 2.29. The van der Waals surface area contributed by atoms with E-state index in [1.807, 2.05) is 25.1 Å². The summed E-state index contributed by atoms with van der Waals surface area (Å²) in [4.78, 5) is 15.3. The molecule has 3 aromatic rings. The Morgan fingerprint density at radius 3 is 3.06 bits per heavy atom. The molecule has 0 saturated carbocycles. The molecule has 0 aliphatic heterocycles. The van der Waals surface area contributed by atoms with Crippen molar-refractivity contribution in [2.24, 2.45) is 0 Å². The lowest BCUT2D eigenvalue weighted by Crippen LogP contribution is -2.21. The topological polar surface area (TPSA) is 50.7 Å². The number of aryl methyl sites for hydroxylation is 1. The molecule has 1 aromatic carbocycles. The van der Waals surface area contributed by atoms with Gasteiger partial charge in [0.15, 0.2) is 0 Å². The Hall–Kier alpha value is -1.62. The molecule has 2 aromatic heterocycles. The van der Waals surface area contributed by atoms with E-state index in [-0.39, 0.29) is 5.56 Å². The van der Waals surface area contributed by atoms with E-state index in [4.69, 9.17) is 0 Å². The summed E-state index contributed by atoms with van der Waals surface area (Å²) in [5, 5.41) is 6.02. The van der Waals surface area contributed by atoms with E-state index in [9.17, 15) is 4.79 Å². The van der Waals surface area contributed by atoms with Crippen LogP contribution in [-0.2, 0) is 6.54 Å². The average molecular weight is 292 g/mol. The summed E-state index contributed by atoms with van der Waals surface area (Å²) in [7, 11) is 0. The molecule has 2 heterocycles. The van der Waals surface area contributed by atoms with E-state index >= 15 is 0 Å². The Bertz CT molecular complexity index is 772. The van der Waals surface area contributed by atoms with Crippen molar-refractivity contribution in [1.29, 1.82) is 0 Å². The van der Waals surface area contributed by atoms with Gasteiger partial charge < -0.3 is 4.98 Å². The van der Waals surface area contributed by atoms with Gasteiger partial charge in [0.1, 0.15) is 5.52 Å². The number of hydrogen-bond acceptors (Lipinski definition) is 2. The van der Waals surface area contributed by atoms with Crippen LogP contribution in [0.25, 0.3) is 21.8 Å². The summed E-state index contributed by atoms with van der Waals surface area (Å²) in [5.74, 6) is 0. The molecule has 4 nitrogen and oxygen atoms in total. The molecule has 0 fully saturated rings. The van der Waals surface area contributed by atoms with Crippen LogP contribution >= 0.6 is 15.9 Å². The minimum absolute atomic E-state index is 0.0758. The van der Waals surface area contributed by atoms with Crippen molar-refractivity contribution >= 4 is 37.7 Å². The SMILES string of the molecule is CCn1ncc2c([nH]c3cccc(Br)c32)c1=O. The molecule has 5 heteroatoms. The van der Waals surface area contributed by atoms with E-state index in [1.54, 1.807) is 6.20 Å². The molecule has 3 rings (SSSR count). The van der Waals surface area contributed by atoms with Gasteiger partial charge in [0.25, 0.3) is 5.56 Å². The van der Waals surface area contributed by atoms with Crippen molar-refractivity contribution < 1.29 is 0 Å². The highest BCUT2D eigenvalue weighted by atomic mass is 79.9. The molecular formula is C12H10BrN3O. The first-order valence-electron chi connectivity index (χ1n) is 5.38. The predicted molar refractivity (Wildman–Crippen MR) is 71.2 cm³/mol. The molecule has 17 heavy (non-hydrogen) atoms. The monoisotopic (exact) mass is 291 g/mol. The zero-order valence-corrected chi connectivity index (χ0v) is 10.8. The highest BCUT2D eigenvalue weighted by Crippen LogP contribution is 2.29. The molecule has 86 valence electrons. The van der Waals surface area contributed by atoms with E-state index in [1.165, 1.54) is 4.68 Å². The fraction of sp³-hybridized carbons (Fsp3) is 0.167. The summed E-state index contributed by atoms with van der Waals surface area (Å²) in [6.07, 6.45) is 1.74. The van der Waals surface area contributed by atoms with Crippen LogP contribution in [0.4, 0.5) is 0 Å². The minimum Gasteiger partial charge on any atom is -0.350 e. The summed E-state index contributed by atoms with van der Waals surface area (Å²) in [5.41, 5.74) is 1.49. The molecule has 0 saturated heterocycles. The minimum atomic E-state index is -0.0758. The maximum Gasteiger partial charge on any atom is 0.291 e. The molecule has 0 atom stereocenters. The lowest BCUT2D eigenvalue weighted by atomic mass is 10.2. The first-order chi connectivity index (χ1) is 8.22.